The third-order valence-corrected chi connectivity index (χ3v) is 3.18. The average Bonchev–Trinajstić information content (AvgIpc) is 3.08. The Morgan fingerprint density at radius 1 is 1.12 bits per heavy atom. The number of allylic oxidation sites excluding steroid dienone is 4. The van der Waals surface area contributed by atoms with Gasteiger partial charge in [0.25, 0.3) is 0 Å². The van der Waals surface area contributed by atoms with E-state index in [-0.39, 0.29) is 0 Å². The molecular weight excluding hydrogens is 326 g/mol. The Labute approximate surface area is 156 Å². The summed E-state index contributed by atoms with van der Waals surface area (Å²) in [6, 6.07) is 5.55. The topological polar surface area (TPSA) is 64.1 Å². The number of anilines is 2. The molecule has 0 spiro atoms. The van der Waals surface area contributed by atoms with E-state index in [0.29, 0.717) is 12.2 Å². The summed E-state index contributed by atoms with van der Waals surface area (Å²) in [6.07, 6.45) is 13.3. The van der Waals surface area contributed by atoms with E-state index in [1.165, 1.54) is 0 Å². The van der Waals surface area contributed by atoms with E-state index in [1.807, 2.05) is 52.0 Å². The van der Waals surface area contributed by atoms with Crippen molar-refractivity contribution in [2.75, 3.05) is 5.32 Å². The zero-order valence-corrected chi connectivity index (χ0v) is 16.3. The van der Waals surface area contributed by atoms with Crippen LogP contribution in [0.25, 0.3) is 0 Å². The standard InChI is InChI=1S/C19H23N3O2.C2H6/c1-4-5-6-7-8-10-17-14-18(16(3)23-12-9-11-20-17)21-19-13-15(2)24-22-19;1-2/h5-9,11-14H,4,10H2,1-3H3,(H,21,22);1-2H3/b6-5-,8-7-,12-9?,17-14?,18-16?,20-11?;. The Hall–Kier alpha value is -2.82. The summed E-state index contributed by atoms with van der Waals surface area (Å²) in [6.45, 7) is 9.85. The first kappa shape index (κ1) is 21.2. The summed E-state index contributed by atoms with van der Waals surface area (Å²) in [4.78, 5) is 4.47. The molecule has 0 fully saturated rings. The second kappa shape index (κ2) is 12.5. The molecule has 0 bridgehead atoms. The van der Waals surface area contributed by atoms with Gasteiger partial charge in [-0.05, 0) is 32.4 Å². The quantitative estimate of drug-likeness (QED) is 0.621. The number of hydrogen-bond acceptors (Lipinski definition) is 5. The van der Waals surface area contributed by atoms with Crippen molar-refractivity contribution in [2.24, 2.45) is 0 Å². The first-order valence-electron chi connectivity index (χ1n) is 8.98. The molecule has 0 aliphatic heterocycles. The minimum atomic E-state index is 0.634. The molecule has 0 saturated carbocycles. The molecule has 2 heterocycles. The molecule has 2 aromatic rings. The first-order chi connectivity index (χ1) is 12.7. The van der Waals surface area contributed by atoms with Crippen LogP contribution >= 0.6 is 0 Å². The van der Waals surface area contributed by atoms with E-state index in [4.69, 9.17) is 8.94 Å². The van der Waals surface area contributed by atoms with Crippen molar-refractivity contribution in [2.45, 2.75) is 47.5 Å². The first-order valence-corrected chi connectivity index (χ1v) is 8.98. The SMILES string of the molecule is CC.CC/C=C\C=C/Cc1cc(Nc2cc(C)on2)c(C)occcn1. The fraction of sp³-hybridized carbons (Fsp3) is 0.333. The monoisotopic (exact) mass is 355 g/mol. The normalized spacial score (nSPS) is 10.5. The van der Waals surface area contributed by atoms with Crippen molar-refractivity contribution < 1.29 is 8.94 Å². The molecule has 1 N–H and O–H groups in total. The number of aromatic nitrogens is 2. The third kappa shape index (κ3) is 7.83. The van der Waals surface area contributed by atoms with Crippen molar-refractivity contribution >= 4 is 11.5 Å². The van der Waals surface area contributed by atoms with E-state index in [2.05, 4.69) is 34.5 Å². The van der Waals surface area contributed by atoms with Crippen molar-refractivity contribution in [3.63, 3.8) is 0 Å². The average molecular weight is 355 g/mol. The summed E-state index contributed by atoms with van der Waals surface area (Å²) in [5, 5.41) is 7.17. The zero-order valence-electron chi connectivity index (χ0n) is 16.3. The third-order valence-electron chi connectivity index (χ3n) is 3.18. The lowest BCUT2D eigenvalue weighted by atomic mass is 10.2. The maximum Gasteiger partial charge on any atom is 0.174 e. The van der Waals surface area contributed by atoms with Gasteiger partial charge in [-0.25, -0.2) is 0 Å². The van der Waals surface area contributed by atoms with Crippen LogP contribution < -0.4 is 5.32 Å². The van der Waals surface area contributed by atoms with Crippen LogP contribution in [-0.4, -0.2) is 10.1 Å². The lowest BCUT2D eigenvalue weighted by Crippen LogP contribution is -1.93. The molecule has 5 nitrogen and oxygen atoms in total. The van der Waals surface area contributed by atoms with Crippen molar-refractivity contribution in [3.8, 4) is 0 Å². The molecule has 0 aromatic carbocycles. The Kier molecular flexibility index (Phi) is 10.2. The number of nitrogens with one attached hydrogen (secondary N) is 1. The van der Waals surface area contributed by atoms with Crippen LogP contribution in [0.4, 0.5) is 11.5 Å². The lowest BCUT2D eigenvalue weighted by Gasteiger charge is -2.03. The van der Waals surface area contributed by atoms with Crippen molar-refractivity contribution in [1.82, 2.24) is 10.1 Å². The lowest BCUT2D eigenvalue weighted by molar-refractivity contribution is 0.400. The molecule has 0 aliphatic carbocycles. The van der Waals surface area contributed by atoms with Gasteiger partial charge in [0, 0.05) is 24.4 Å². The van der Waals surface area contributed by atoms with Gasteiger partial charge >= 0.3 is 0 Å². The van der Waals surface area contributed by atoms with Crippen LogP contribution in [0.3, 0.4) is 0 Å². The Balaban J connectivity index is 0.00000163. The molecule has 2 aromatic heterocycles. The molecule has 0 atom stereocenters. The van der Waals surface area contributed by atoms with E-state index in [0.717, 1.165) is 29.3 Å². The molecule has 2 rings (SSSR count). The summed E-state index contributed by atoms with van der Waals surface area (Å²) in [5.74, 6) is 2.10. The highest BCUT2D eigenvalue weighted by Crippen LogP contribution is 2.19. The molecule has 0 saturated heterocycles. The second-order valence-electron chi connectivity index (χ2n) is 5.25. The van der Waals surface area contributed by atoms with Crippen molar-refractivity contribution in [1.29, 1.82) is 0 Å². The fourth-order valence-electron chi connectivity index (χ4n) is 1.97. The van der Waals surface area contributed by atoms with Crippen LogP contribution in [0.15, 0.2) is 63.9 Å². The molecule has 0 unspecified atom stereocenters. The minimum Gasteiger partial charge on any atom is -0.467 e. The number of nitrogens with zero attached hydrogens (tertiary/aromatic N) is 2. The molecule has 0 aliphatic rings. The van der Waals surface area contributed by atoms with Gasteiger partial charge in [0.05, 0.1) is 12.0 Å². The molecule has 140 valence electrons. The Morgan fingerprint density at radius 2 is 1.88 bits per heavy atom. The molecule has 5 heteroatoms. The van der Waals surface area contributed by atoms with Gasteiger partial charge < -0.3 is 14.3 Å². The van der Waals surface area contributed by atoms with Gasteiger partial charge in [-0.2, -0.15) is 0 Å². The number of aryl methyl sites for hydroxylation is 2. The van der Waals surface area contributed by atoms with Gasteiger partial charge in [0.1, 0.15) is 11.5 Å². The maximum atomic E-state index is 5.57. The van der Waals surface area contributed by atoms with Gasteiger partial charge in [0.15, 0.2) is 5.82 Å². The van der Waals surface area contributed by atoms with Crippen LogP contribution in [0.5, 0.6) is 0 Å². The number of hydrogen-bond donors (Lipinski definition) is 1. The summed E-state index contributed by atoms with van der Waals surface area (Å²) in [7, 11) is 0. The van der Waals surface area contributed by atoms with Crippen LogP contribution in [-0.2, 0) is 6.42 Å². The van der Waals surface area contributed by atoms with Crippen LogP contribution in [0.2, 0.25) is 0 Å². The molecule has 26 heavy (non-hydrogen) atoms. The van der Waals surface area contributed by atoms with Crippen molar-refractivity contribution in [3.05, 3.63) is 72.2 Å². The summed E-state index contributed by atoms with van der Waals surface area (Å²) in [5.41, 5.74) is 1.70. The van der Waals surface area contributed by atoms with Gasteiger partial charge in [-0.1, -0.05) is 50.2 Å². The summed E-state index contributed by atoms with van der Waals surface area (Å²) >= 11 is 0. The highest BCUT2D eigenvalue weighted by Gasteiger charge is 2.04. The predicted molar refractivity (Wildman–Crippen MR) is 107 cm³/mol. The van der Waals surface area contributed by atoms with Crippen LogP contribution in [0.1, 0.15) is 44.4 Å². The van der Waals surface area contributed by atoms with E-state index in [1.54, 1.807) is 18.5 Å². The maximum absolute atomic E-state index is 5.57. The Bertz CT molecular complexity index is 756. The predicted octanol–water partition coefficient (Wildman–Crippen LogP) is 6.24. The van der Waals surface area contributed by atoms with Gasteiger partial charge in [0.2, 0.25) is 0 Å². The number of rotatable bonds is 6. The van der Waals surface area contributed by atoms with Crippen LogP contribution in [0, 0.1) is 13.8 Å². The fourth-order valence-corrected chi connectivity index (χ4v) is 1.97. The largest absolute Gasteiger partial charge is 0.467 e. The molecular formula is C21H29N3O2. The second-order valence-corrected chi connectivity index (χ2v) is 5.25. The molecule has 0 radical (unpaired) electrons. The molecule has 0 amide bonds. The Morgan fingerprint density at radius 3 is 2.58 bits per heavy atom. The minimum absolute atomic E-state index is 0.634. The highest BCUT2D eigenvalue weighted by atomic mass is 16.5. The van der Waals surface area contributed by atoms with E-state index >= 15 is 0 Å². The zero-order chi connectivity index (χ0) is 19.2. The van der Waals surface area contributed by atoms with Gasteiger partial charge in [-0.3, -0.25) is 4.98 Å². The summed E-state index contributed by atoms with van der Waals surface area (Å²) < 4.78 is 10.7. The smallest absolute Gasteiger partial charge is 0.174 e. The van der Waals surface area contributed by atoms with E-state index < -0.39 is 0 Å². The highest BCUT2D eigenvalue weighted by molar-refractivity contribution is 5.57. The van der Waals surface area contributed by atoms with Gasteiger partial charge in [-0.15, -0.1) is 0 Å². The van der Waals surface area contributed by atoms with E-state index in [9.17, 15) is 0 Å².